The van der Waals surface area contributed by atoms with Gasteiger partial charge in [-0.15, -0.1) is 0 Å². The summed E-state index contributed by atoms with van der Waals surface area (Å²) in [4.78, 5) is 10.7. The summed E-state index contributed by atoms with van der Waals surface area (Å²) < 4.78 is 0. The molecule has 0 radical (unpaired) electrons. The summed E-state index contributed by atoms with van der Waals surface area (Å²) in [5.41, 5.74) is 2.20. The van der Waals surface area contributed by atoms with Crippen molar-refractivity contribution in [2.45, 2.75) is 6.42 Å². The van der Waals surface area contributed by atoms with Gasteiger partial charge in [-0.25, -0.2) is 0 Å². The van der Waals surface area contributed by atoms with Crippen LogP contribution in [-0.4, -0.2) is 17.6 Å². The molecule has 17 heavy (non-hydrogen) atoms. The van der Waals surface area contributed by atoms with Crippen molar-refractivity contribution in [3.8, 4) is 0 Å². The van der Waals surface area contributed by atoms with Gasteiger partial charge in [0.2, 0.25) is 0 Å². The molecule has 1 aromatic rings. The minimum absolute atomic E-state index is 0.365. The van der Waals surface area contributed by atoms with E-state index in [1.807, 2.05) is 42.5 Å². The second-order valence-electron chi connectivity index (χ2n) is 4.04. The monoisotopic (exact) mass is 229 g/mol. The number of hydrogen-bond acceptors (Lipinski definition) is 2. The van der Waals surface area contributed by atoms with Crippen molar-refractivity contribution in [2.75, 3.05) is 11.9 Å². The Balaban J connectivity index is 1.86. The van der Waals surface area contributed by atoms with E-state index in [2.05, 4.69) is 5.32 Å². The van der Waals surface area contributed by atoms with E-state index >= 15 is 0 Å². The molecule has 0 heterocycles. The topological polar surface area (TPSA) is 49.3 Å². The maximum atomic E-state index is 10.7. The van der Waals surface area contributed by atoms with Gasteiger partial charge in [0.15, 0.2) is 0 Å². The molecule has 2 N–H and O–H groups in total. The van der Waals surface area contributed by atoms with Crippen molar-refractivity contribution in [3.05, 3.63) is 54.1 Å². The fourth-order valence-electron chi connectivity index (χ4n) is 1.74. The van der Waals surface area contributed by atoms with Crippen LogP contribution in [0.4, 0.5) is 5.69 Å². The highest BCUT2D eigenvalue weighted by atomic mass is 16.4. The Morgan fingerprint density at radius 2 is 2.12 bits per heavy atom. The van der Waals surface area contributed by atoms with Crippen LogP contribution in [-0.2, 0) is 4.79 Å². The Morgan fingerprint density at radius 1 is 1.35 bits per heavy atom. The summed E-state index contributed by atoms with van der Waals surface area (Å²) in [5.74, 6) is -1.12. The molecule has 0 spiro atoms. The first-order chi connectivity index (χ1) is 8.25. The molecule has 1 aliphatic rings. The Kier molecular flexibility index (Phi) is 3.60. The second-order valence-corrected chi connectivity index (χ2v) is 4.04. The number of carboxylic acids is 1. The third kappa shape index (κ3) is 3.21. The molecule has 2 rings (SSSR count). The lowest BCUT2D eigenvalue weighted by atomic mass is 9.97. The van der Waals surface area contributed by atoms with Gasteiger partial charge in [0, 0.05) is 12.2 Å². The van der Waals surface area contributed by atoms with E-state index in [0.29, 0.717) is 6.42 Å². The predicted molar refractivity (Wildman–Crippen MR) is 67.9 cm³/mol. The van der Waals surface area contributed by atoms with Gasteiger partial charge in [0.25, 0.3) is 0 Å². The predicted octanol–water partition coefficient (Wildman–Crippen LogP) is 2.69. The van der Waals surface area contributed by atoms with Crippen molar-refractivity contribution in [3.63, 3.8) is 0 Å². The van der Waals surface area contributed by atoms with Crippen molar-refractivity contribution >= 4 is 11.7 Å². The molecule has 0 amide bonds. The van der Waals surface area contributed by atoms with Crippen molar-refractivity contribution in [1.29, 1.82) is 0 Å². The molecule has 0 bridgehead atoms. The molecule has 1 unspecified atom stereocenters. The molecule has 1 atom stereocenters. The number of anilines is 1. The number of para-hydroxylation sites is 1. The fourth-order valence-corrected chi connectivity index (χ4v) is 1.74. The minimum Gasteiger partial charge on any atom is -0.481 e. The number of carbonyl (C=O) groups is 1. The highest BCUT2D eigenvalue weighted by Gasteiger charge is 2.15. The van der Waals surface area contributed by atoms with Crippen LogP contribution in [0.5, 0.6) is 0 Å². The highest BCUT2D eigenvalue weighted by molar-refractivity contribution is 5.73. The maximum Gasteiger partial charge on any atom is 0.310 e. The van der Waals surface area contributed by atoms with Crippen LogP contribution in [0.2, 0.25) is 0 Å². The zero-order chi connectivity index (χ0) is 12.1. The second kappa shape index (κ2) is 5.34. The maximum absolute atomic E-state index is 10.7. The quantitative estimate of drug-likeness (QED) is 0.834. The summed E-state index contributed by atoms with van der Waals surface area (Å²) in [5, 5.41) is 12.1. The molecule has 0 fully saturated rings. The molecule has 0 saturated heterocycles. The summed E-state index contributed by atoms with van der Waals surface area (Å²) in [6, 6.07) is 9.95. The molecule has 1 aliphatic carbocycles. The summed E-state index contributed by atoms with van der Waals surface area (Å²) in [6.07, 6.45) is 6.20. The van der Waals surface area contributed by atoms with E-state index < -0.39 is 5.97 Å². The molecule has 0 aromatic heterocycles. The molecular weight excluding hydrogens is 214 g/mol. The Labute approximate surface area is 100 Å². The zero-order valence-electron chi connectivity index (χ0n) is 9.47. The molecule has 1 aromatic carbocycles. The smallest absolute Gasteiger partial charge is 0.310 e. The van der Waals surface area contributed by atoms with E-state index in [1.165, 1.54) is 0 Å². The van der Waals surface area contributed by atoms with Gasteiger partial charge in [-0.2, -0.15) is 0 Å². The summed E-state index contributed by atoms with van der Waals surface area (Å²) in [6.45, 7) is 0.729. The van der Waals surface area contributed by atoms with Crippen LogP contribution in [0, 0.1) is 5.92 Å². The third-order valence-corrected chi connectivity index (χ3v) is 2.76. The standard InChI is InChI=1S/C14H15NO2/c16-14(17)12-8-6-11(7-9-12)10-15-13-4-2-1-3-5-13/h1-8,12,15H,9-10H2,(H,16,17). The van der Waals surface area contributed by atoms with E-state index in [0.717, 1.165) is 17.8 Å². The lowest BCUT2D eigenvalue weighted by molar-refractivity contribution is -0.139. The van der Waals surface area contributed by atoms with Crippen molar-refractivity contribution in [2.24, 2.45) is 5.92 Å². The first-order valence-corrected chi connectivity index (χ1v) is 5.64. The summed E-state index contributed by atoms with van der Waals surface area (Å²) >= 11 is 0. The number of hydrogen-bond donors (Lipinski definition) is 2. The lowest BCUT2D eigenvalue weighted by Gasteiger charge is -2.13. The van der Waals surface area contributed by atoms with Gasteiger partial charge in [-0.3, -0.25) is 4.79 Å². The van der Waals surface area contributed by atoms with Gasteiger partial charge in [-0.1, -0.05) is 36.4 Å². The first-order valence-electron chi connectivity index (χ1n) is 5.64. The largest absolute Gasteiger partial charge is 0.481 e. The van der Waals surface area contributed by atoms with Gasteiger partial charge in [0.05, 0.1) is 5.92 Å². The average molecular weight is 229 g/mol. The Hall–Kier alpha value is -2.03. The van der Waals surface area contributed by atoms with Crippen LogP contribution >= 0.6 is 0 Å². The number of allylic oxidation sites excluding steroid dienone is 1. The lowest BCUT2D eigenvalue weighted by Crippen LogP contribution is -2.14. The molecule has 88 valence electrons. The van der Waals surface area contributed by atoms with E-state index in [1.54, 1.807) is 6.08 Å². The number of aliphatic carboxylic acids is 1. The van der Waals surface area contributed by atoms with Crippen LogP contribution in [0.25, 0.3) is 0 Å². The van der Waals surface area contributed by atoms with Crippen molar-refractivity contribution < 1.29 is 9.90 Å². The average Bonchev–Trinajstić information content (AvgIpc) is 2.38. The van der Waals surface area contributed by atoms with E-state index in [-0.39, 0.29) is 5.92 Å². The summed E-state index contributed by atoms with van der Waals surface area (Å²) in [7, 11) is 0. The van der Waals surface area contributed by atoms with Crippen LogP contribution < -0.4 is 5.32 Å². The normalized spacial score (nSPS) is 18.6. The molecule has 3 heteroatoms. The molecule has 0 aliphatic heterocycles. The third-order valence-electron chi connectivity index (χ3n) is 2.76. The number of carboxylic acid groups (broad SMARTS) is 1. The zero-order valence-corrected chi connectivity index (χ0v) is 9.47. The SMILES string of the molecule is O=C(O)C1C=CC(CNc2ccccc2)=CC1. The number of nitrogens with one attached hydrogen (secondary N) is 1. The molecular formula is C14H15NO2. The minimum atomic E-state index is -0.757. The molecule has 0 saturated carbocycles. The van der Waals surface area contributed by atoms with Crippen molar-refractivity contribution in [1.82, 2.24) is 0 Å². The van der Waals surface area contributed by atoms with Gasteiger partial charge >= 0.3 is 5.97 Å². The van der Waals surface area contributed by atoms with Gasteiger partial charge < -0.3 is 10.4 Å². The highest BCUT2D eigenvalue weighted by Crippen LogP contribution is 2.17. The van der Waals surface area contributed by atoms with Gasteiger partial charge in [-0.05, 0) is 24.1 Å². The van der Waals surface area contributed by atoms with E-state index in [4.69, 9.17) is 5.11 Å². The first kappa shape index (κ1) is 11.5. The molecule has 3 nitrogen and oxygen atoms in total. The van der Waals surface area contributed by atoms with Crippen LogP contribution in [0.15, 0.2) is 54.1 Å². The van der Waals surface area contributed by atoms with E-state index in [9.17, 15) is 4.79 Å². The van der Waals surface area contributed by atoms with Crippen LogP contribution in [0.3, 0.4) is 0 Å². The van der Waals surface area contributed by atoms with Gasteiger partial charge in [0.1, 0.15) is 0 Å². The Bertz CT molecular complexity index is 449. The van der Waals surface area contributed by atoms with Crippen LogP contribution in [0.1, 0.15) is 6.42 Å². The number of rotatable bonds is 4. The fraction of sp³-hybridized carbons (Fsp3) is 0.214. The number of benzene rings is 1. The Morgan fingerprint density at radius 3 is 2.71 bits per heavy atom.